The summed E-state index contributed by atoms with van der Waals surface area (Å²) >= 11 is 1.40. The molecular weight excluding hydrogens is 1000 g/mol. The number of primary amides is 1. The first-order valence-electron chi connectivity index (χ1n) is 24.0. The molecule has 19 N–H and O–H groups in total. The summed E-state index contributed by atoms with van der Waals surface area (Å²) in [6, 6.07) is 0.556. The maximum atomic E-state index is 14.4. The fraction of sp³-hybridized carbons (Fsp3) is 0.522. The highest BCUT2D eigenvalue weighted by atomic mass is 32.2. The predicted octanol–water partition coefficient (Wildman–Crippen LogP) is -1.67. The van der Waals surface area contributed by atoms with E-state index in [1.54, 1.807) is 36.7 Å². The van der Waals surface area contributed by atoms with Gasteiger partial charge in [-0.1, -0.05) is 32.0 Å². The van der Waals surface area contributed by atoms with Crippen LogP contribution in [0.1, 0.15) is 64.9 Å². The number of anilines is 1. The Hall–Kier alpha value is -7.63. The van der Waals surface area contributed by atoms with Gasteiger partial charge in [-0.3, -0.25) is 58.8 Å². The number of aliphatic hydroxyl groups excluding tert-OH is 1. The van der Waals surface area contributed by atoms with Crippen LogP contribution >= 0.6 is 11.8 Å². The van der Waals surface area contributed by atoms with Crippen LogP contribution in [0.2, 0.25) is 0 Å². The van der Waals surface area contributed by atoms with Crippen molar-refractivity contribution in [1.29, 1.82) is 0 Å². The molecular formula is C46H70N16O12S. The van der Waals surface area contributed by atoms with Gasteiger partial charge in [0.15, 0.2) is 5.96 Å². The molecule has 412 valence electrons. The average molecular weight is 1070 g/mol. The average Bonchev–Trinajstić information content (AvgIpc) is 3.76. The minimum atomic E-state index is -1.75. The summed E-state index contributed by atoms with van der Waals surface area (Å²) in [6.07, 6.45) is 1.73. The Morgan fingerprint density at radius 2 is 1.33 bits per heavy atom. The van der Waals surface area contributed by atoms with E-state index < -0.39 is 111 Å². The number of benzene rings is 2. The van der Waals surface area contributed by atoms with Gasteiger partial charge in [0.1, 0.15) is 41.9 Å². The van der Waals surface area contributed by atoms with E-state index in [2.05, 4.69) is 47.2 Å². The van der Waals surface area contributed by atoms with Crippen LogP contribution in [0.5, 0.6) is 0 Å². The number of rotatable bonds is 33. The van der Waals surface area contributed by atoms with Gasteiger partial charge in [-0.05, 0) is 87.6 Å². The number of nitrogens with zero attached hydrogens (tertiary/aromatic N) is 3. The number of guanidine groups is 1. The first kappa shape index (κ1) is 61.7. The molecule has 0 aliphatic rings. The van der Waals surface area contributed by atoms with Crippen molar-refractivity contribution in [3.8, 4) is 0 Å². The summed E-state index contributed by atoms with van der Waals surface area (Å²) < 4.78 is 0. The van der Waals surface area contributed by atoms with Crippen molar-refractivity contribution >= 4 is 87.0 Å². The van der Waals surface area contributed by atoms with Crippen LogP contribution in [0.25, 0.3) is 10.9 Å². The minimum absolute atomic E-state index is 0.00531. The number of thioether (sulfide) groups is 1. The molecule has 0 aliphatic heterocycles. The number of nitrogens with two attached hydrogens (primary N) is 5. The number of aliphatic hydroxyl groups is 1. The van der Waals surface area contributed by atoms with Crippen molar-refractivity contribution in [3.05, 3.63) is 74.5 Å². The second-order valence-corrected chi connectivity index (χ2v) is 19.0. The van der Waals surface area contributed by atoms with E-state index in [1.807, 2.05) is 13.8 Å². The molecule has 2 aromatic carbocycles. The van der Waals surface area contributed by atoms with Crippen LogP contribution < -0.4 is 65.9 Å². The molecule has 28 nitrogen and oxygen atoms in total. The number of aromatic nitrogens is 1. The Labute approximate surface area is 436 Å². The van der Waals surface area contributed by atoms with Gasteiger partial charge in [-0.25, -0.2) is 0 Å². The number of fused-ring (bicyclic) bond motifs is 1. The normalized spacial score (nSPS) is 14.3. The lowest BCUT2D eigenvalue weighted by molar-refractivity contribution is -0.393. The summed E-state index contributed by atoms with van der Waals surface area (Å²) in [5, 5.41) is 52.6. The maximum Gasteiger partial charge on any atom is 0.299 e. The van der Waals surface area contributed by atoms with Gasteiger partial charge in [0.2, 0.25) is 41.4 Å². The number of nitro groups is 2. The predicted molar refractivity (Wildman–Crippen MR) is 281 cm³/mol. The van der Waals surface area contributed by atoms with E-state index in [1.165, 1.54) is 18.7 Å². The van der Waals surface area contributed by atoms with Gasteiger partial charge < -0.3 is 76.0 Å². The Bertz CT molecular complexity index is 2500. The molecule has 8 atom stereocenters. The molecule has 3 aromatic rings. The van der Waals surface area contributed by atoms with Gasteiger partial charge in [0, 0.05) is 42.7 Å². The molecule has 0 bridgehead atoms. The number of carbonyl (C=O) groups excluding carboxylic acids is 7. The number of nitro benzene ring substituents is 2. The number of amides is 7. The molecule has 29 heteroatoms. The minimum Gasteiger partial charge on any atom is -0.391 e. The molecule has 75 heavy (non-hydrogen) atoms. The monoisotopic (exact) mass is 1070 g/mol. The van der Waals surface area contributed by atoms with Gasteiger partial charge in [0.05, 0.1) is 28.1 Å². The molecule has 1 aromatic heterocycles. The van der Waals surface area contributed by atoms with Crippen molar-refractivity contribution < 1.29 is 48.5 Å². The standard InChI is InChI=1S/C46H70N16O12S/c1-24(2)20-35(39(49)64)58-43(68)34(15-19-75-4)56-42(67)33(13-16-47)57-45(70)38(25(3)63)60-44(69)36(21-26-23-54-30-9-6-5-8-28(26)30)59-41(66)32(10-7-17-53-46(50)51)55-40(65)29(48)14-18-52-31-12-11-27(61(71)72)22-37(31)62(73)74/h5-6,8-9,11-12,22-25,29,32-36,38,52,54,63H,7,10,13-21,47-48H2,1-4H3,(H2,49,64)(H,55,65)(H,56,67)(H,57,70)(H,58,68)(H,59,66)(H,60,69)(H4,50,51,53)/t25-,29+,32+,33+,34+,35+,36+,38+/m1/s1. The van der Waals surface area contributed by atoms with Gasteiger partial charge in [-0.15, -0.1) is 0 Å². The Morgan fingerprint density at radius 1 is 0.747 bits per heavy atom. The number of H-pyrrole nitrogens is 1. The van der Waals surface area contributed by atoms with E-state index >= 15 is 0 Å². The van der Waals surface area contributed by atoms with Crippen molar-refractivity contribution in [2.75, 3.05) is 37.0 Å². The SMILES string of the molecule is CSCC[C@H](NC(=O)[C@H](CCN)NC(=O)[C@@H](NC(=O)[C@H](Cc1c[nH]c2ccccc12)NC(=O)[C@H](CCCN=C(N)N)NC(=O)[C@@H](N)CCNc1ccc([N+](=O)[O-])cc1[N+](=O)[O-])[C@@H](C)O)C(=O)N[C@@H](CC(C)C)C(N)=O. The number of carbonyl (C=O) groups is 7. The van der Waals surface area contributed by atoms with Gasteiger partial charge in [0.25, 0.3) is 11.4 Å². The highest BCUT2D eigenvalue weighted by Crippen LogP contribution is 2.29. The molecule has 7 amide bonds. The zero-order valence-corrected chi connectivity index (χ0v) is 43.0. The van der Waals surface area contributed by atoms with E-state index in [9.17, 15) is 58.9 Å². The fourth-order valence-corrected chi connectivity index (χ4v) is 8.07. The molecule has 0 fully saturated rings. The van der Waals surface area contributed by atoms with E-state index in [4.69, 9.17) is 28.7 Å². The lowest BCUT2D eigenvalue weighted by atomic mass is 10.0. The number of aliphatic imine (C=N–C) groups is 1. The van der Waals surface area contributed by atoms with Crippen LogP contribution in [0.3, 0.4) is 0 Å². The number of hydrogen-bond donors (Lipinski definition) is 14. The van der Waals surface area contributed by atoms with Crippen LogP contribution in [-0.2, 0) is 40.0 Å². The zero-order valence-electron chi connectivity index (χ0n) is 42.2. The van der Waals surface area contributed by atoms with Crippen LogP contribution in [0.4, 0.5) is 17.1 Å². The first-order valence-corrected chi connectivity index (χ1v) is 25.4. The Morgan fingerprint density at radius 3 is 1.92 bits per heavy atom. The van der Waals surface area contributed by atoms with Crippen LogP contribution in [-0.4, -0.2) is 147 Å². The number of para-hydroxylation sites is 1. The Balaban J connectivity index is 1.89. The third-order valence-electron chi connectivity index (χ3n) is 11.6. The van der Waals surface area contributed by atoms with E-state index in [0.29, 0.717) is 22.2 Å². The lowest BCUT2D eigenvalue weighted by Gasteiger charge is -2.28. The smallest absolute Gasteiger partial charge is 0.299 e. The highest BCUT2D eigenvalue weighted by molar-refractivity contribution is 7.98. The molecule has 3 rings (SSSR count). The van der Waals surface area contributed by atoms with Crippen molar-refractivity contribution in [3.63, 3.8) is 0 Å². The topological polar surface area (TPSA) is 468 Å². The number of nitrogens with one attached hydrogen (secondary N) is 8. The fourth-order valence-electron chi connectivity index (χ4n) is 7.60. The first-order chi connectivity index (χ1) is 35.5. The van der Waals surface area contributed by atoms with Crippen molar-refractivity contribution in [1.82, 2.24) is 36.9 Å². The molecule has 1 heterocycles. The molecule has 0 radical (unpaired) electrons. The largest absolute Gasteiger partial charge is 0.391 e. The summed E-state index contributed by atoms with van der Waals surface area (Å²) in [5.74, 6) is -5.81. The summed E-state index contributed by atoms with van der Waals surface area (Å²) in [4.78, 5) is 124. The van der Waals surface area contributed by atoms with Crippen molar-refractivity contribution in [2.45, 2.75) is 114 Å². The maximum absolute atomic E-state index is 14.4. The highest BCUT2D eigenvalue weighted by Gasteiger charge is 2.35. The molecule has 0 saturated heterocycles. The Kier molecular flexibility index (Phi) is 25.1. The number of hydrogen-bond acceptors (Lipinski definition) is 17. The van der Waals surface area contributed by atoms with Crippen LogP contribution in [0.15, 0.2) is 53.7 Å². The summed E-state index contributed by atoms with van der Waals surface area (Å²) in [5.41, 5.74) is 28.6. The second kappa shape index (κ2) is 30.5. The molecule has 0 spiro atoms. The second-order valence-electron chi connectivity index (χ2n) is 18.0. The van der Waals surface area contributed by atoms with Crippen LogP contribution in [0, 0.1) is 26.1 Å². The van der Waals surface area contributed by atoms with E-state index in [-0.39, 0.29) is 82.1 Å². The number of non-ortho nitro benzene ring substituents is 1. The van der Waals surface area contributed by atoms with E-state index in [0.717, 1.165) is 18.2 Å². The third-order valence-corrected chi connectivity index (χ3v) is 12.2. The van der Waals surface area contributed by atoms with Gasteiger partial charge >= 0.3 is 0 Å². The summed E-state index contributed by atoms with van der Waals surface area (Å²) in [7, 11) is 0. The van der Waals surface area contributed by atoms with Gasteiger partial charge in [-0.2, -0.15) is 11.8 Å². The quantitative estimate of drug-likeness (QED) is 0.0107. The number of aromatic amines is 1. The zero-order chi connectivity index (χ0) is 55.9. The lowest BCUT2D eigenvalue weighted by Crippen LogP contribution is -2.62. The third kappa shape index (κ3) is 20.0. The molecule has 0 unspecified atom stereocenters. The molecule has 0 aliphatic carbocycles. The summed E-state index contributed by atoms with van der Waals surface area (Å²) in [6.45, 7) is 4.67. The molecule has 0 saturated carbocycles. The van der Waals surface area contributed by atoms with Crippen molar-refractivity contribution in [2.24, 2.45) is 39.6 Å².